The molecule has 19 heavy (non-hydrogen) atoms. The van der Waals surface area contributed by atoms with Crippen molar-refractivity contribution in [2.24, 2.45) is 0 Å². The van der Waals surface area contributed by atoms with E-state index in [1.54, 1.807) is 0 Å². The highest BCUT2D eigenvalue weighted by molar-refractivity contribution is 5.78. The molecule has 102 valence electrons. The second-order valence-corrected chi connectivity index (χ2v) is 5.06. The van der Waals surface area contributed by atoms with Gasteiger partial charge in [0.05, 0.1) is 12.6 Å². The van der Waals surface area contributed by atoms with Gasteiger partial charge in [0.1, 0.15) is 0 Å². The Morgan fingerprint density at radius 1 is 1.37 bits per heavy atom. The minimum Gasteiger partial charge on any atom is -0.454 e. The zero-order valence-corrected chi connectivity index (χ0v) is 10.9. The number of rotatable bonds is 5. The van der Waals surface area contributed by atoms with E-state index in [0.29, 0.717) is 12.6 Å². The van der Waals surface area contributed by atoms with Gasteiger partial charge in [0.25, 0.3) is 0 Å². The maximum Gasteiger partial charge on any atom is 0.234 e. The lowest BCUT2D eigenvalue weighted by molar-refractivity contribution is -0.120. The third kappa shape index (κ3) is 2.98. The van der Waals surface area contributed by atoms with Crippen LogP contribution in [0.15, 0.2) is 18.2 Å². The highest BCUT2D eigenvalue weighted by Crippen LogP contribution is 2.34. The molecule has 2 N–H and O–H groups in total. The molecule has 3 rings (SSSR count). The minimum absolute atomic E-state index is 0.0251. The Morgan fingerprint density at radius 2 is 2.16 bits per heavy atom. The summed E-state index contributed by atoms with van der Waals surface area (Å²) < 4.78 is 10.6. The molecule has 1 aromatic carbocycles. The average Bonchev–Trinajstić information content (AvgIpc) is 3.11. The van der Waals surface area contributed by atoms with Crippen molar-refractivity contribution in [3.8, 4) is 11.5 Å². The van der Waals surface area contributed by atoms with Gasteiger partial charge < -0.3 is 20.1 Å². The highest BCUT2D eigenvalue weighted by Gasteiger charge is 2.22. The SMILES string of the molecule is CC(NC(=O)CNC1CC1)c1ccc2c(c1)OCO2. The smallest absolute Gasteiger partial charge is 0.234 e. The largest absolute Gasteiger partial charge is 0.454 e. The summed E-state index contributed by atoms with van der Waals surface area (Å²) in [5, 5.41) is 6.17. The predicted octanol–water partition coefficient (Wildman–Crippen LogP) is 1.34. The monoisotopic (exact) mass is 262 g/mol. The second-order valence-electron chi connectivity index (χ2n) is 5.06. The second kappa shape index (κ2) is 5.09. The lowest BCUT2D eigenvalue weighted by Gasteiger charge is -2.15. The van der Waals surface area contributed by atoms with E-state index < -0.39 is 0 Å². The Bertz CT molecular complexity index is 486. The standard InChI is InChI=1S/C14H18N2O3/c1-9(16-14(17)7-15-11-3-4-11)10-2-5-12-13(6-10)19-8-18-12/h2,5-6,9,11,15H,3-4,7-8H2,1H3,(H,16,17). The van der Waals surface area contributed by atoms with E-state index in [4.69, 9.17) is 9.47 Å². The molecule has 1 unspecified atom stereocenters. The molecule has 0 saturated heterocycles. The number of carbonyl (C=O) groups excluding carboxylic acids is 1. The molecule has 5 nitrogen and oxygen atoms in total. The molecule has 0 bridgehead atoms. The molecule has 0 spiro atoms. The van der Waals surface area contributed by atoms with Crippen LogP contribution in [0.2, 0.25) is 0 Å². The van der Waals surface area contributed by atoms with Crippen LogP contribution in [-0.2, 0) is 4.79 Å². The van der Waals surface area contributed by atoms with Crippen LogP contribution in [0, 0.1) is 0 Å². The Hall–Kier alpha value is -1.75. The highest BCUT2D eigenvalue weighted by atomic mass is 16.7. The lowest BCUT2D eigenvalue weighted by atomic mass is 10.1. The molecule has 1 saturated carbocycles. The first kappa shape index (κ1) is 12.3. The van der Waals surface area contributed by atoms with Crippen molar-refractivity contribution in [3.05, 3.63) is 23.8 Å². The number of amides is 1. The molecule has 1 fully saturated rings. The van der Waals surface area contributed by atoms with Crippen LogP contribution in [0.5, 0.6) is 11.5 Å². The van der Waals surface area contributed by atoms with Crippen LogP contribution in [-0.4, -0.2) is 25.3 Å². The van der Waals surface area contributed by atoms with Gasteiger partial charge in [-0.2, -0.15) is 0 Å². The molecule has 1 aliphatic heterocycles. The maximum atomic E-state index is 11.8. The Labute approximate surface area is 112 Å². The number of hydrogen-bond acceptors (Lipinski definition) is 4. The molecule has 1 aliphatic carbocycles. The summed E-state index contributed by atoms with van der Waals surface area (Å²) >= 11 is 0. The van der Waals surface area contributed by atoms with E-state index in [0.717, 1.165) is 17.1 Å². The molecule has 1 heterocycles. The zero-order chi connectivity index (χ0) is 13.2. The van der Waals surface area contributed by atoms with E-state index in [9.17, 15) is 4.79 Å². The van der Waals surface area contributed by atoms with Crippen LogP contribution < -0.4 is 20.1 Å². The first-order valence-electron chi connectivity index (χ1n) is 6.64. The normalized spacial score (nSPS) is 18.2. The Kier molecular flexibility index (Phi) is 3.29. The molecular formula is C14H18N2O3. The summed E-state index contributed by atoms with van der Waals surface area (Å²) in [6, 6.07) is 6.26. The van der Waals surface area contributed by atoms with Gasteiger partial charge in [-0.25, -0.2) is 0 Å². The van der Waals surface area contributed by atoms with Gasteiger partial charge in [-0.05, 0) is 37.5 Å². The maximum absolute atomic E-state index is 11.8. The topological polar surface area (TPSA) is 59.6 Å². The van der Waals surface area contributed by atoms with E-state index in [1.807, 2.05) is 25.1 Å². The predicted molar refractivity (Wildman–Crippen MR) is 70.1 cm³/mol. The molecular weight excluding hydrogens is 244 g/mol. The summed E-state index contributed by atoms with van der Waals surface area (Å²) in [5.74, 6) is 1.53. The molecule has 5 heteroatoms. The van der Waals surface area contributed by atoms with E-state index in [2.05, 4.69) is 10.6 Å². The number of benzene rings is 1. The summed E-state index contributed by atoms with van der Waals surface area (Å²) in [5.41, 5.74) is 1.02. The number of carbonyl (C=O) groups is 1. The van der Waals surface area contributed by atoms with Crippen LogP contribution >= 0.6 is 0 Å². The van der Waals surface area contributed by atoms with Crippen molar-refractivity contribution < 1.29 is 14.3 Å². The van der Waals surface area contributed by atoms with Crippen LogP contribution in [0.3, 0.4) is 0 Å². The number of fused-ring (bicyclic) bond motifs is 1. The van der Waals surface area contributed by atoms with Crippen LogP contribution in [0.4, 0.5) is 0 Å². The number of ether oxygens (including phenoxy) is 2. The van der Waals surface area contributed by atoms with Crippen molar-refractivity contribution in [2.45, 2.75) is 31.8 Å². The zero-order valence-electron chi connectivity index (χ0n) is 10.9. The van der Waals surface area contributed by atoms with Crippen molar-refractivity contribution in [2.75, 3.05) is 13.3 Å². The van der Waals surface area contributed by atoms with Gasteiger partial charge in [0.15, 0.2) is 11.5 Å². The van der Waals surface area contributed by atoms with Gasteiger partial charge in [0, 0.05) is 6.04 Å². The number of hydrogen-bond donors (Lipinski definition) is 2. The fourth-order valence-corrected chi connectivity index (χ4v) is 2.08. The number of nitrogens with one attached hydrogen (secondary N) is 2. The lowest BCUT2D eigenvalue weighted by Crippen LogP contribution is -2.36. The molecule has 1 amide bonds. The quantitative estimate of drug-likeness (QED) is 0.841. The van der Waals surface area contributed by atoms with Crippen molar-refractivity contribution in [3.63, 3.8) is 0 Å². The Balaban J connectivity index is 1.56. The van der Waals surface area contributed by atoms with Crippen LogP contribution in [0.25, 0.3) is 0 Å². The van der Waals surface area contributed by atoms with E-state index in [1.165, 1.54) is 12.8 Å². The fourth-order valence-electron chi connectivity index (χ4n) is 2.08. The van der Waals surface area contributed by atoms with Gasteiger partial charge in [-0.15, -0.1) is 0 Å². The first-order valence-corrected chi connectivity index (χ1v) is 6.64. The molecule has 0 aromatic heterocycles. The first-order chi connectivity index (χ1) is 9.22. The fraction of sp³-hybridized carbons (Fsp3) is 0.500. The van der Waals surface area contributed by atoms with E-state index >= 15 is 0 Å². The Morgan fingerprint density at radius 3 is 2.95 bits per heavy atom. The third-order valence-corrected chi connectivity index (χ3v) is 3.40. The average molecular weight is 262 g/mol. The van der Waals surface area contributed by atoms with Gasteiger partial charge in [-0.3, -0.25) is 4.79 Å². The van der Waals surface area contributed by atoms with Crippen molar-refractivity contribution >= 4 is 5.91 Å². The summed E-state index contributed by atoms with van der Waals surface area (Å²) in [6.45, 7) is 2.62. The summed E-state index contributed by atoms with van der Waals surface area (Å²) in [6.07, 6.45) is 2.37. The van der Waals surface area contributed by atoms with Gasteiger partial charge >= 0.3 is 0 Å². The molecule has 1 aromatic rings. The van der Waals surface area contributed by atoms with E-state index in [-0.39, 0.29) is 18.7 Å². The van der Waals surface area contributed by atoms with Gasteiger partial charge in [-0.1, -0.05) is 6.07 Å². The van der Waals surface area contributed by atoms with Crippen molar-refractivity contribution in [1.82, 2.24) is 10.6 Å². The van der Waals surface area contributed by atoms with Crippen LogP contribution in [0.1, 0.15) is 31.4 Å². The third-order valence-electron chi connectivity index (χ3n) is 3.40. The molecule has 2 aliphatic rings. The molecule has 1 atom stereocenters. The minimum atomic E-state index is -0.0389. The van der Waals surface area contributed by atoms with Gasteiger partial charge in [0.2, 0.25) is 12.7 Å². The molecule has 0 radical (unpaired) electrons. The van der Waals surface area contributed by atoms with Crippen molar-refractivity contribution in [1.29, 1.82) is 0 Å². The summed E-state index contributed by atoms with van der Waals surface area (Å²) in [7, 11) is 0. The summed E-state index contributed by atoms with van der Waals surface area (Å²) in [4.78, 5) is 11.8.